The molecule has 0 N–H and O–H groups in total. The third-order valence-corrected chi connectivity index (χ3v) is 30.0. The van der Waals surface area contributed by atoms with E-state index in [1.165, 1.54) is 193 Å². The van der Waals surface area contributed by atoms with E-state index in [4.69, 9.17) is 0 Å². The van der Waals surface area contributed by atoms with Crippen molar-refractivity contribution in [2.75, 3.05) is 9.80 Å². The van der Waals surface area contributed by atoms with Crippen molar-refractivity contribution in [2.45, 2.75) is 50.9 Å². The monoisotopic (exact) mass is 1840 g/mol. The van der Waals surface area contributed by atoms with Gasteiger partial charge in [-0.1, -0.05) is 462 Å². The van der Waals surface area contributed by atoms with Gasteiger partial charge in [-0.15, -0.1) is 0 Å². The zero-order chi connectivity index (χ0) is 89.0. The fourth-order valence-electron chi connectivity index (χ4n) is 23.1. The molecule has 0 unspecified atom stereocenters. The molecule has 0 heterocycles. The van der Waals surface area contributed by atoms with E-state index in [1.54, 1.807) is 0 Å². The first-order valence-corrected chi connectivity index (χ1v) is 47.7. The fraction of sp³-hybridized carbons (Fsp3) is 0.0615. The Morgan fingerprint density at radius 3 is 0.784 bits per heavy atom. The Balaban J connectivity index is 0.000000157. The number of hydrogen-bond donors (Lipinski definition) is 0. The maximum absolute atomic E-state index is 3.65. The molecule has 0 saturated carbocycles. The van der Waals surface area contributed by atoms with E-state index in [0.717, 1.165) is 49.5 Å². The molecule has 23 aromatic rings. The SMILES string of the molecule is Brc1ccc2ccc3c(Br)ccc4ccc1c2c43.C.Cc1cccc(C2(c3cccc(Cc4ccccc4)c3)c3ccccc3-c3ccccc32)c1.Cc1cccc(C2(c3cccc(N(c4ccccc4)c4ccc5ccc6c(N(c7ccccc7)c7cccc(C8(c9cccc(C)c9)c9ccccc9-c9ccccc98)c7)ccc7ccc4c5c76)c3)c3ccccc3-c3ccccc32)c1. The van der Waals surface area contributed by atoms with Crippen molar-refractivity contribution >= 4 is 131 Å². The molecule has 0 fully saturated rings. The molecule has 0 aliphatic heterocycles. The third-order valence-electron chi connectivity index (χ3n) is 28.6. The van der Waals surface area contributed by atoms with Crippen LogP contribution in [0.5, 0.6) is 0 Å². The Kier molecular flexibility index (Phi) is 21.0. The molecular weight excluding hydrogens is 1750 g/mol. The summed E-state index contributed by atoms with van der Waals surface area (Å²) in [6.45, 7) is 6.61. The summed E-state index contributed by atoms with van der Waals surface area (Å²) in [5.41, 5.74) is 35.1. The van der Waals surface area contributed by atoms with Crippen molar-refractivity contribution < 1.29 is 0 Å². The summed E-state index contributed by atoms with van der Waals surface area (Å²) in [5, 5.41) is 15.2. The summed E-state index contributed by atoms with van der Waals surface area (Å²) < 4.78 is 2.31. The molecular formula is C130H94Br2N2. The van der Waals surface area contributed by atoms with Crippen LogP contribution in [0.2, 0.25) is 0 Å². The number of hydrogen-bond acceptors (Lipinski definition) is 2. The highest BCUT2D eigenvalue weighted by molar-refractivity contribution is 9.11. The van der Waals surface area contributed by atoms with E-state index in [0.29, 0.717) is 0 Å². The van der Waals surface area contributed by atoms with Gasteiger partial charge in [0.1, 0.15) is 0 Å². The molecule has 0 amide bonds. The lowest BCUT2D eigenvalue weighted by atomic mass is 9.67. The molecule has 0 radical (unpaired) electrons. The first kappa shape index (κ1) is 83.1. The highest BCUT2D eigenvalue weighted by Gasteiger charge is 2.50. The molecule has 3 aliphatic carbocycles. The highest BCUT2D eigenvalue weighted by Crippen LogP contribution is 2.61. The van der Waals surface area contributed by atoms with E-state index in [9.17, 15) is 0 Å². The predicted molar refractivity (Wildman–Crippen MR) is 574 cm³/mol. The summed E-state index contributed by atoms with van der Waals surface area (Å²) in [6, 6.07) is 178. The van der Waals surface area contributed by atoms with Crippen molar-refractivity contribution in [1.82, 2.24) is 0 Å². The van der Waals surface area contributed by atoms with Gasteiger partial charge in [0.2, 0.25) is 0 Å². The van der Waals surface area contributed by atoms with Gasteiger partial charge in [-0.3, -0.25) is 0 Å². The normalized spacial score (nSPS) is 13.1. The minimum Gasteiger partial charge on any atom is -0.310 e. The Bertz CT molecular complexity index is 7940. The van der Waals surface area contributed by atoms with Gasteiger partial charge in [0.15, 0.2) is 0 Å². The number of anilines is 6. The quantitative estimate of drug-likeness (QED) is 0.100. The van der Waals surface area contributed by atoms with Gasteiger partial charge in [-0.2, -0.15) is 0 Å². The van der Waals surface area contributed by atoms with Crippen molar-refractivity contribution in [3.05, 3.63) is 583 Å². The molecule has 2 nitrogen and oxygen atoms in total. The summed E-state index contributed by atoms with van der Waals surface area (Å²) >= 11 is 7.30. The average Bonchev–Trinajstić information content (AvgIpc) is 1.53. The fourth-order valence-corrected chi connectivity index (χ4v) is 24.0. The maximum Gasteiger partial charge on any atom is 0.0714 e. The molecule has 4 heteroatoms. The number of nitrogens with zero attached hydrogens (tertiary/aromatic N) is 2. The zero-order valence-corrected chi connectivity index (χ0v) is 77.1. The molecule has 134 heavy (non-hydrogen) atoms. The molecule has 0 atom stereocenters. The summed E-state index contributed by atoms with van der Waals surface area (Å²) in [6.07, 6.45) is 0.932. The minimum absolute atomic E-state index is 0. The number of halogens is 2. The predicted octanol–water partition coefficient (Wildman–Crippen LogP) is 35.6. The van der Waals surface area contributed by atoms with Crippen molar-refractivity contribution in [1.29, 1.82) is 0 Å². The standard InChI is InChI=1S/C80H56N2.C33H26.C16H8Br2.CH4/c1-53-21-17-23-57(49-53)79(71-37-13-9-33-65(71)66-34-10-14-38-72(66)79)59-25-19-31-63(51-59)81(61-27-5-3-6-28-61)75-47-43-55-42-46-70-76(48-44-56-41-45-69(75)77(55)78(56)70)82(62-29-7-4-8-30-62)64-32-20-26-60(52-64)80(58-24-18-22-54(2)50-58)73-39-15-11-35-67(73)68-36-12-16-40-74(68)80;1-24-11-9-15-27(21-24)33(28-16-10-14-26(23-28)22-25-12-3-2-4-13-25)31-19-7-5-17-29(31)30-18-6-8-20-32(30)33;17-13-8-4-10-2-6-12-14(18)7-3-9-1-5-11(13)16(10)15(9)12;/h3-52H,1-2H3;2-21,23H,22H2,1H3;1-8H;1H4. The topological polar surface area (TPSA) is 6.48 Å². The number of benzene rings is 23. The number of aryl methyl sites for hydroxylation is 3. The van der Waals surface area contributed by atoms with E-state index >= 15 is 0 Å². The molecule has 0 bridgehead atoms. The minimum atomic E-state index is -0.548. The lowest BCUT2D eigenvalue weighted by Crippen LogP contribution is -2.29. The zero-order valence-electron chi connectivity index (χ0n) is 74.0. The van der Waals surface area contributed by atoms with Crippen LogP contribution in [0.1, 0.15) is 102 Å². The first-order valence-electron chi connectivity index (χ1n) is 46.1. The van der Waals surface area contributed by atoms with Gasteiger partial charge < -0.3 is 9.80 Å². The summed E-state index contributed by atoms with van der Waals surface area (Å²) in [4.78, 5) is 4.97. The third kappa shape index (κ3) is 13.3. The van der Waals surface area contributed by atoms with Crippen LogP contribution < -0.4 is 9.80 Å². The second-order valence-corrected chi connectivity index (χ2v) is 37.8. The van der Waals surface area contributed by atoms with E-state index in [2.05, 4.69) is 542 Å². The van der Waals surface area contributed by atoms with Crippen LogP contribution in [0.4, 0.5) is 34.1 Å². The van der Waals surface area contributed by atoms with Crippen LogP contribution in [0.3, 0.4) is 0 Å². The van der Waals surface area contributed by atoms with Gasteiger partial charge in [0.25, 0.3) is 0 Å². The molecule has 3 aliphatic rings. The van der Waals surface area contributed by atoms with Gasteiger partial charge in [-0.25, -0.2) is 0 Å². The van der Waals surface area contributed by atoms with Gasteiger partial charge >= 0.3 is 0 Å². The summed E-state index contributed by atoms with van der Waals surface area (Å²) in [7, 11) is 0. The van der Waals surface area contributed by atoms with E-state index in [1.807, 2.05) is 0 Å². The second-order valence-electron chi connectivity index (χ2n) is 36.0. The van der Waals surface area contributed by atoms with Crippen LogP contribution in [0, 0.1) is 20.8 Å². The lowest BCUT2D eigenvalue weighted by molar-refractivity contribution is 0.765. The average molecular weight is 1840 g/mol. The van der Waals surface area contributed by atoms with Crippen LogP contribution in [-0.4, -0.2) is 0 Å². The lowest BCUT2D eigenvalue weighted by Gasteiger charge is -2.35. The Labute approximate surface area is 801 Å². The van der Waals surface area contributed by atoms with Crippen molar-refractivity contribution in [3.8, 4) is 33.4 Å². The summed E-state index contributed by atoms with van der Waals surface area (Å²) in [5.74, 6) is 0. The van der Waals surface area contributed by atoms with Crippen LogP contribution >= 0.6 is 31.9 Å². The second kappa shape index (κ2) is 33.8. The maximum atomic E-state index is 3.65. The largest absolute Gasteiger partial charge is 0.310 e. The Hall–Kier alpha value is -15.3. The van der Waals surface area contributed by atoms with Gasteiger partial charge in [0, 0.05) is 42.5 Å². The number of fused-ring (bicyclic) bond motifs is 9. The molecule has 638 valence electrons. The van der Waals surface area contributed by atoms with Crippen LogP contribution in [0.25, 0.3) is 98.0 Å². The van der Waals surface area contributed by atoms with Crippen molar-refractivity contribution in [2.24, 2.45) is 0 Å². The number of para-hydroxylation sites is 2. The molecule has 26 rings (SSSR count). The van der Waals surface area contributed by atoms with Gasteiger partial charge in [0.05, 0.1) is 27.6 Å². The van der Waals surface area contributed by atoms with Crippen LogP contribution in [0.15, 0.2) is 488 Å². The Morgan fingerprint density at radius 1 is 0.201 bits per heavy atom. The Morgan fingerprint density at radius 2 is 0.448 bits per heavy atom. The first-order chi connectivity index (χ1) is 65.5. The highest BCUT2D eigenvalue weighted by atomic mass is 79.9. The smallest absolute Gasteiger partial charge is 0.0714 e. The molecule has 23 aromatic carbocycles. The number of rotatable bonds is 14. The van der Waals surface area contributed by atoms with Crippen LogP contribution in [-0.2, 0) is 22.7 Å². The van der Waals surface area contributed by atoms with Gasteiger partial charge in [-0.05, 0) is 265 Å². The molecule has 0 aromatic heterocycles. The van der Waals surface area contributed by atoms with E-state index < -0.39 is 10.8 Å². The molecule has 0 spiro atoms. The molecule has 0 saturated heterocycles. The van der Waals surface area contributed by atoms with Crippen molar-refractivity contribution in [3.63, 3.8) is 0 Å². The van der Waals surface area contributed by atoms with E-state index in [-0.39, 0.29) is 12.8 Å².